The molecule has 2 heterocycles. The molecule has 0 unspecified atom stereocenters. The summed E-state index contributed by atoms with van der Waals surface area (Å²) in [5.74, 6) is 0. The van der Waals surface area contributed by atoms with Gasteiger partial charge in [0.2, 0.25) is 0 Å². The summed E-state index contributed by atoms with van der Waals surface area (Å²) in [5.41, 5.74) is 1.06. The van der Waals surface area contributed by atoms with Crippen molar-refractivity contribution < 1.29 is 4.42 Å². The molecule has 12 heavy (non-hydrogen) atoms. The summed E-state index contributed by atoms with van der Waals surface area (Å²) in [5, 5.41) is 1.71. The fourth-order valence-electron chi connectivity index (χ4n) is 0.857. The van der Waals surface area contributed by atoms with E-state index in [1.54, 1.807) is 12.5 Å². The molecule has 0 fully saturated rings. The molecule has 0 aliphatic heterocycles. The number of H-pyrrole nitrogens is 1. The number of hydrogen-bond donors (Lipinski definition) is 1. The molecule has 3 nitrogen and oxygen atoms in total. The first-order valence-electron chi connectivity index (χ1n) is 3.57. The Balaban J connectivity index is 2.14. The van der Waals surface area contributed by atoms with E-state index in [0.29, 0.717) is 0 Å². The van der Waals surface area contributed by atoms with Crippen molar-refractivity contribution >= 4 is 11.8 Å². The predicted octanol–water partition coefficient (Wildman–Crippen LogP) is 2.46. The highest BCUT2D eigenvalue weighted by atomic mass is 32.2. The normalized spacial score (nSPS) is 10.4. The van der Waals surface area contributed by atoms with Crippen LogP contribution in [0.1, 0.15) is 5.69 Å². The van der Waals surface area contributed by atoms with E-state index in [2.05, 4.69) is 9.97 Å². The van der Waals surface area contributed by atoms with Crippen molar-refractivity contribution in [2.75, 3.05) is 0 Å². The molecule has 2 rings (SSSR count). The topological polar surface area (TPSA) is 41.8 Å². The number of rotatable bonds is 2. The second-order valence-electron chi connectivity index (χ2n) is 2.41. The molecule has 62 valence electrons. The van der Waals surface area contributed by atoms with E-state index in [4.69, 9.17) is 4.42 Å². The third-order valence-electron chi connectivity index (χ3n) is 1.37. The lowest BCUT2D eigenvalue weighted by atomic mass is 10.6. The molecule has 2 aromatic rings. The molecule has 0 aliphatic carbocycles. The number of aromatic nitrogens is 2. The highest BCUT2D eigenvalue weighted by Gasteiger charge is 2.01. The summed E-state index contributed by atoms with van der Waals surface area (Å²) < 4.78 is 5.15. The van der Waals surface area contributed by atoms with Crippen LogP contribution in [-0.2, 0) is 0 Å². The number of hydrogen-bond acceptors (Lipinski definition) is 3. The van der Waals surface area contributed by atoms with Gasteiger partial charge in [0.25, 0.3) is 0 Å². The molecule has 0 saturated carbocycles. The van der Waals surface area contributed by atoms with E-state index in [1.807, 2.05) is 19.1 Å². The predicted molar refractivity (Wildman–Crippen MR) is 46.2 cm³/mol. The monoisotopic (exact) mass is 180 g/mol. The first-order valence-corrected chi connectivity index (χ1v) is 4.39. The van der Waals surface area contributed by atoms with Crippen LogP contribution in [0.25, 0.3) is 0 Å². The summed E-state index contributed by atoms with van der Waals surface area (Å²) in [6.07, 6.45) is 3.45. The van der Waals surface area contributed by atoms with Gasteiger partial charge in [0.05, 0.1) is 6.26 Å². The summed E-state index contributed by atoms with van der Waals surface area (Å²) in [6.45, 7) is 1.97. The van der Waals surface area contributed by atoms with Gasteiger partial charge in [0.1, 0.15) is 0 Å². The van der Waals surface area contributed by atoms with Crippen LogP contribution in [0, 0.1) is 6.92 Å². The Morgan fingerprint density at radius 1 is 1.58 bits per heavy atom. The second-order valence-corrected chi connectivity index (χ2v) is 3.40. The third kappa shape index (κ3) is 1.53. The number of aromatic amines is 1. The minimum atomic E-state index is 0.851. The van der Waals surface area contributed by atoms with Crippen molar-refractivity contribution in [3.05, 3.63) is 30.3 Å². The molecule has 0 saturated heterocycles. The van der Waals surface area contributed by atoms with Crippen LogP contribution in [-0.4, -0.2) is 9.97 Å². The third-order valence-corrected chi connectivity index (χ3v) is 2.21. The van der Waals surface area contributed by atoms with Crippen molar-refractivity contribution in [2.24, 2.45) is 0 Å². The minimum Gasteiger partial charge on any atom is -0.458 e. The maximum atomic E-state index is 5.15. The second kappa shape index (κ2) is 3.06. The largest absolute Gasteiger partial charge is 0.458 e. The van der Waals surface area contributed by atoms with Crippen molar-refractivity contribution in [2.45, 2.75) is 17.2 Å². The molecular weight excluding hydrogens is 172 g/mol. The maximum Gasteiger partial charge on any atom is 0.173 e. The Morgan fingerprint density at radius 3 is 3.08 bits per heavy atom. The van der Waals surface area contributed by atoms with E-state index in [-0.39, 0.29) is 0 Å². The molecule has 0 amide bonds. The van der Waals surface area contributed by atoms with Gasteiger partial charge in [-0.1, -0.05) is 0 Å². The number of nitrogens with one attached hydrogen (secondary N) is 1. The summed E-state index contributed by atoms with van der Waals surface area (Å²) in [6, 6.07) is 3.76. The molecule has 0 atom stereocenters. The van der Waals surface area contributed by atoms with Crippen LogP contribution >= 0.6 is 11.8 Å². The Kier molecular flexibility index (Phi) is 1.91. The van der Waals surface area contributed by atoms with Crippen LogP contribution in [0.15, 0.2) is 39.3 Å². The van der Waals surface area contributed by atoms with E-state index in [9.17, 15) is 0 Å². The highest BCUT2D eigenvalue weighted by Crippen LogP contribution is 2.24. The van der Waals surface area contributed by atoms with Gasteiger partial charge < -0.3 is 9.40 Å². The molecule has 1 N–H and O–H groups in total. The van der Waals surface area contributed by atoms with Gasteiger partial charge in [-0.15, -0.1) is 0 Å². The molecule has 4 heteroatoms. The number of imidazole rings is 1. The van der Waals surface area contributed by atoms with Crippen molar-refractivity contribution in [3.63, 3.8) is 0 Å². The smallest absolute Gasteiger partial charge is 0.173 e. The van der Waals surface area contributed by atoms with Gasteiger partial charge in [-0.3, -0.25) is 0 Å². The van der Waals surface area contributed by atoms with Crippen LogP contribution in [0.4, 0.5) is 0 Å². The van der Waals surface area contributed by atoms with Crippen LogP contribution < -0.4 is 0 Å². The maximum absolute atomic E-state index is 5.15. The van der Waals surface area contributed by atoms with Crippen LogP contribution in [0.3, 0.4) is 0 Å². The molecule has 0 aliphatic rings. The molecular formula is C8H8N2OS. The minimum absolute atomic E-state index is 0.851. The van der Waals surface area contributed by atoms with Gasteiger partial charge in [-0.25, -0.2) is 4.98 Å². The fraction of sp³-hybridized carbons (Fsp3) is 0.125. The zero-order valence-electron chi connectivity index (χ0n) is 6.57. The highest BCUT2D eigenvalue weighted by molar-refractivity contribution is 7.99. The fourth-order valence-corrected chi connectivity index (χ4v) is 1.62. The van der Waals surface area contributed by atoms with E-state index in [0.717, 1.165) is 15.9 Å². The van der Waals surface area contributed by atoms with Crippen molar-refractivity contribution in [1.82, 2.24) is 9.97 Å². The van der Waals surface area contributed by atoms with Gasteiger partial charge in [-0.2, -0.15) is 0 Å². The standard InChI is InChI=1S/C8H8N2OS/c1-6-5-9-8(10-6)12-7-3-2-4-11-7/h2-5H,1H3,(H,9,10). The molecule has 0 bridgehead atoms. The average Bonchev–Trinajstić information content (AvgIpc) is 2.63. The first-order chi connectivity index (χ1) is 5.84. The van der Waals surface area contributed by atoms with Gasteiger partial charge in [-0.05, 0) is 30.8 Å². The average molecular weight is 180 g/mol. The van der Waals surface area contributed by atoms with Gasteiger partial charge >= 0.3 is 0 Å². The Hall–Kier alpha value is -1.16. The molecule has 2 aromatic heterocycles. The first kappa shape index (κ1) is 7.49. The molecule has 0 aromatic carbocycles. The van der Waals surface area contributed by atoms with Crippen molar-refractivity contribution in [3.8, 4) is 0 Å². The van der Waals surface area contributed by atoms with E-state index >= 15 is 0 Å². The number of nitrogens with zero attached hydrogens (tertiary/aromatic N) is 1. The Labute approximate surface area is 74.2 Å². The zero-order chi connectivity index (χ0) is 8.39. The summed E-state index contributed by atoms with van der Waals surface area (Å²) in [4.78, 5) is 7.24. The van der Waals surface area contributed by atoms with E-state index < -0.39 is 0 Å². The number of aryl methyl sites for hydroxylation is 1. The summed E-state index contributed by atoms with van der Waals surface area (Å²) in [7, 11) is 0. The quantitative estimate of drug-likeness (QED) is 0.771. The Morgan fingerprint density at radius 2 is 2.50 bits per heavy atom. The Bertz CT molecular complexity index is 353. The van der Waals surface area contributed by atoms with Crippen LogP contribution in [0.2, 0.25) is 0 Å². The van der Waals surface area contributed by atoms with Crippen molar-refractivity contribution in [1.29, 1.82) is 0 Å². The van der Waals surface area contributed by atoms with Crippen LogP contribution in [0.5, 0.6) is 0 Å². The molecule has 0 radical (unpaired) electrons. The zero-order valence-corrected chi connectivity index (χ0v) is 7.39. The lowest BCUT2D eigenvalue weighted by Crippen LogP contribution is -1.72. The van der Waals surface area contributed by atoms with E-state index in [1.165, 1.54) is 11.8 Å². The molecule has 0 spiro atoms. The lowest BCUT2D eigenvalue weighted by molar-refractivity contribution is 0.474. The lowest BCUT2D eigenvalue weighted by Gasteiger charge is -1.89. The summed E-state index contributed by atoms with van der Waals surface area (Å²) >= 11 is 1.48. The van der Waals surface area contributed by atoms with Gasteiger partial charge in [0, 0.05) is 11.9 Å². The SMILES string of the molecule is Cc1cnc(Sc2ccco2)[nH]1. The number of furan rings is 1. The van der Waals surface area contributed by atoms with Gasteiger partial charge in [0.15, 0.2) is 10.2 Å².